The van der Waals surface area contributed by atoms with Crippen molar-refractivity contribution in [1.82, 2.24) is 5.32 Å². The van der Waals surface area contributed by atoms with Gasteiger partial charge in [0.05, 0.1) is 0 Å². The molecule has 2 nitrogen and oxygen atoms in total. The van der Waals surface area contributed by atoms with Crippen LogP contribution in [-0.2, 0) is 0 Å². The number of aryl methyl sites for hydroxylation is 1. The lowest BCUT2D eigenvalue weighted by atomic mass is 9.84. The maximum atomic E-state index is 6.26. The molecule has 0 bridgehead atoms. The van der Waals surface area contributed by atoms with Crippen molar-refractivity contribution in [2.75, 3.05) is 13.1 Å². The van der Waals surface area contributed by atoms with Gasteiger partial charge in [0, 0.05) is 29.0 Å². The molecule has 1 aliphatic rings. The van der Waals surface area contributed by atoms with Crippen molar-refractivity contribution >= 4 is 15.9 Å². The van der Waals surface area contributed by atoms with Crippen LogP contribution < -0.4 is 11.1 Å². The topological polar surface area (TPSA) is 38.0 Å². The first-order valence-corrected chi connectivity index (χ1v) is 6.05. The van der Waals surface area contributed by atoms with E-state index in [0.717, 1.165) is 13.1 Å². The zero-order chi connectivity index (χ0) is 11.1. The first-order valence-electron chi connectivity index (χ1n) is 5.26. The summed E-state index contributed by atoms with van der Waals surface area (Å²) in [5, 5.41) is 3.35. The molecule has 3 heteroatoms. The number of nitrogens with two attached hydrogens (primary N) is 1. The number of benzene rings is 1. The number of halogens is 1. The molecule has 2 atom stereocenters. The fourth-order valence-corrected chi connectivity index (χ4v) is 2.56. The first-order chi connectivity index (χ1) is 7.00. The van der Waals surface area contributed by atoms with E-state index >= 15 is 0 Å². The molecule has 0 radical (unpaired) electrons. The van der Waals surface area contributed by atoms with Crippen LogP contribution in [0.2, 0.25) is 0 Å². The molecule has 0 aromatic heterocycles. The summed E-state index contributed by atoms with van der Waals surface area (Å²) in [5.41, 5.74) is 8.72. The van der Waals surface area contributed by atoms with Crippen molar-refractivity contribution in [1.29, 1.82) is 0 Å². The van der Waals surface area contributed by atoms with Crippen molar-refractivity contribution in [3.8, 4) is 0 Å². The molecule has 0 saturated carbocycles. The van der Waals surface area contributed by atoms with Gasteiger partial charge in [-0.3, -0.25) is 0 Å². The van der Waals surface area contributed by atoms with Crippen molar-refractivity contribution in [2.24, 2.45) is 5.73 Å². The number of rotatable bonds is 1. The maximum absolute atomic E-state index is 6.26. The molecule has 0 amide bonds. The molecule has 1 aromatic rings. The Morgan fingerprint density at radius 2 is 2.27 bits per heavy atom. The van der Waals surface area contributed by atoms with Gasteiger partial charge >= 0.3 is 0 Å². The summed E-state index contributed by atoms with van der Waals surface area (Å²) in [7, 11) is 0. The summed E-state index contributed by atoms with van der Waals surface area (Å²) < 4.78 is 1.17. The molecule has 1 heterocycles. The van der Waals surface area contributed by atoms with Crippen LogP contribution in [-0.4, -0.2) is 18.6 Å². The van der Waals surface area contributed by atoms with Crippen molar-refractivity contribution in [3.63, 3.8) is 0 Å². The highest BCUT2D eigenvalue weighted by atomic mass is 79.9. The first kappa shape index (κ1) is 11.1. The van der Waals surface area contributed by atoms with Crippen LogP contribution in [0.15, 0.2) is 22.7 Å². The summed E-state index contributed by atoms with van der Waals surface area (Å²) >= 11 is 3.57. The lowest BCUT2D eigenvalue weighted by Gasteiger charge is -2.26. The van der Waals surface area contributed by atoms with Gasteiger partial charge in [-0.15, -0.1) is 0 Å². The highest BCUT2D eigenvalue weighted by Crippen LogP contribution is 2.31. The summed E-state index contributed by atoms with van der Waals surface area (Å²) in [6.07, 6.45) is 0. The van der Waals surface area contributed by atoms with E-state index in [1.54, 1.807) is 0 Å². The lowest BCUT2D eigenvalue weighted by molar-refractivity contribution is 0.462. The second kappa shape index (κ2) is 3.89. The van der Waals surface area contributed by atoms with Crippen molar-refractivity contribution < 1.29 is 0 Å². The molecule has 1 fully saturated rings. The average Bonchev–Trinajstić information content (AvgIpc) is 2.50. The van der Waals surface area contributed by atoms with Gasteiger partial charge in [0.15, 0.2) is 0 Å². The smallest absolute Gasteiger partial charge is 0.0333 e. The Balaban J connectivity index is 2.33. The summed E-state index contributed by atoms with van der Waals surface area (Å²) in [4.78, 5) is 0. The van der Waals surface area contributed by atoms with E-state index in [0.29, 0.717) is 5.92 Å². The molecule has 1 saturated heterocycles. The molecule has 1 aliphatic heterocycles. The standard InChI is InChI=1S/C12H17BrN2/c1-8-3-4-9(5-11(8)13)10-6-15-7-12(10,2)14/h3-5,10,15H,6-7,14H2,1-2H3/t10-,12+/m1/s1. The highest BCUT2D eigenvalue weighted by Gasteiger charge is 2.36. The van der Waals surface area contributed by atoms with Gasteiger partial charge in [-0.25, -0.2) is 0 Å². The SMILES string of the molecule is Cc1ccc([C@H]2CNC[C@]2(C)N)cc1Br. The average molecular weight is 269 g/mol. The Morgan fingerprint density at radius 3 is 2.80 bits per heavy atom. The minimum atomic E-state index is -0.130. The van der Waals surface area contributed by atoms with E-state index in [9.17, 15) is 0 Å². The van der Waals surface area contributed by atoms with Gasteiger partial charge in [-0.05, 0) is 31.0 Å². The monoisotopic (exact) mass is 268 g/mol. The van der Waals surface area contributed by atoms with Crippen LogP contribution in [0.3, 0.4) is 0 Å². The zero-order valence-corrected chi connectivity index (χ0v) is 10.8. The molecule has 2 rings (SSSR count). The molecule has 1 aromatic carbocycles. The molecule has 0 unspecified atom stereocenters. The Kier molecular flexibility index (Phi) is 2.88. The molecule has 15 heavy (non-hydrogen) atoms. The maximum Gasteiger partial charge on any atom is 0.0333 e. The normalized spacial score (nSPS) is 30.8. The summed E-state index contributed by atoms with van der Waals surface area (Å²) in [6, 6.07) is 6.52. The Hall–Kier alpha value is -0.380. The molecule has 3 N–H and O–H groups in total. The lowest BCUT2D eigenvalue weighted by Crippen LogP contribution is -2.42. The van der Waals surface area contributed by atoms with E-state index in [2.05, 4.69) is 53.3 Å². The molecule has 82 valence electrons. The fourth-order valence-electron chi connectivity index (χ4n) is 2.17. The molecular weight excluding hydrogens is 252 g/mol. The third-order valence-electron chi connectivity index (χ3n) is 3.25. The van der Waals surface area contributed by atoms with Crippen molar-refractivity contribution in [2.45, 2.75) is 25.3 Å². The van der Waals surface area contributed by atoms with E-state index in [1.807, 2.05) is 0 Å². The Labute approximate surface area is 99.4 Å². The predicted octanol–water partition coefficient (Wildman–Crippen LogP) is 2.16. The van der Waals surface area contributed by atoms with Crippen LogP contribution in [0.25, 0.3) is 0 Å². The summed E-state index contributed by atoms with van der Waals surface area (Å²) in [5.74, 6) is 0.411. The molecule has 0 spiro atoms. The summed E-state index contributed by atoms with van der Waals surface area (Å²) in [6.45, 7) is 6.08. The predicted molar refractivity (Wildman–Crippen MR) is 67.1 cm³/mol. The Bertz CT molecular complexity index is 374. The largest absolute Gasteiger partial charge is 0.324 e. The van der Waals surface area contributed by atoms with Gasteiger partial charge in [-0.1, -0.05) is 28.1 Å². The quantitative estimate of drug-likeness (QED) is 0.820. The van der Waals surface area contributed by atoms with Gasteiger partial charge < -0.3 is 11.1 Å². The second-order valence-corrected chi connectivity index (χ2v) is 5.55. The number of nitrogens with one attached hydrogen (secondary N) is 1. The van der Waals surface area contributed by atoms with E-state index in [4.69, 9.17) is 5.73 Å². The minimum Gasteiger partial charge on any atom is -0.324 e. The van der Waals surface area contributed by atoms with Crippen LogP contribution in [0, 0.1) is 6.92 Å². The van der Waals surface area contributed by atoms with Crippen LogP contribution in [0.1, 0.15) is 24.0 Å². The Morgan fingerprint density at radius 1 is 1.53 bits per heavy atom. The number of hydrogen-bond donors (Lipinski definition) is 2. The van der Waals surface area contributed by atoms with Gasteiger partial charge in [-0.2, -0.15) is 0 Å². The van der Waals surface area contributed by atoms with Crippen LogP contribution in [0.4, 0.5) is 0 Å². The van der Waals surface area contributed by atoms with E-state index < -0.39 is 0 Å². The zero-order valence-electron chi connectivity index (χ0n) is 9.18. The van der Waals surface area contributed by atoms with Crippen molar-refractivity contribution in [3.05, 3.63) is 33.8 Å². The number of hydrogen-bond acceptors (Lipinski definition) is 2. The highest BCUT2D eigenvalue weighted by molar-refractivity contribution is 9.10. The van der Waals surface area contributed by atoms with Gasteiger partial charge in [0.2, 0.25) is 0 Å². The van der Waals surface area contributed by atoms with Crippen LogP contribution in [0.5, 0.6) is 0 Å². The fraction of sp³-hybridized carbons (Fsp3) is 0.500. The molecule has 0 aliphatic carbocycles. The minimum absolute atomic E-state index is 0.130. The van der Waals surface area contributed by atoms with Gasteiger partial charge in [0.1, 0.15) is 0 Å². The van der Waals surface area contributed by atoms with Gasteiger partial charge in [0.25, 0.3) is 0 Å². The molecular formula is C12H17BrN2. The van der Waals surface area contributed by atoms with E-state index in [-0.39, 0.29) is 5.54 Å². The third kappa shape index (κ3) is 2.10. The second-order valence-electron chi connectivity index (χ2n) is 4.70. The third-order valence-corrected chi connectivity index (χ3v) is 4.10. The van der Waals surface area contributed by atoms with Crippen LogP contribution >= 0.6 is 15.9 Å². The van der Waals surface area contributed by atoms with E-state index in [1.165, 1.54) is 15.6 Å².